The summed E-state index contributed by atoms with van der Waals surface area (Å²) in [6.45, 7) is 8.18. The zero-order chi connectivity index (χ0) is 24.2. The average Bonchev–Trinajstić information content (AvgIpc) is 2.96. The molecule has 4 aliphatic carbocycles. The van der Waals surface area contributed by atoms with Crippen molar-refractivity contribution in [2.45, 2.75) is 96.4 Å². The number of ketones is 1. The molecule has 0 aromatic rings. The lowest BCUT2D eigenvalue weighted by atomic mass is 9.44. The summed E-state index contributed by atoms with van der Waals surface area (Å²) < 4.78 is 17.1. The van der Waals surface area contributed by atoms with E-state index in [0.29, 0.717) is 25.8 Å². The average molecular weight is 462 g/mol. The third kappa shape index (κ3) is 3.23. The topological polar surface area (TPSA) is 86.6 Å². The van der Waals surface area contributed by atoms with E-state index in [1.165, 1.54) is 12.2 Å². The van der Waals surface area contributed by atoms with E-state index in [2.05, 4.69) is 12.2 Å². The molecule has 3 saturated carbocycles. The SMILES string of the molecule is CCCCCCNC(=O)[C@@]1(O)[C@H](C)C[C@H]2[C@@H]3CCC4=CC(=O)C=C[C@]4(C)[C@@]3(F)[C@@H](O)C[C@@]21C. The highest BCUT2D eigenvalue weighted by Crippen LogP contribution is 2.70. The van der Waals surface area contributed by atoms with Crippen LogP contribution in [0.3, 0.4) is 0 Å². The summed E-state index contributed by atoms with van der Waals surface area (Å²) in [4.78, 5) is 25.3. The summed E-state index contributed by atoms with van der Waals surface area (Å²) >= 11 is 0. The van der Waals surface area contributed by atoms with Crippen molar-refractivity contribution in [3.8, 4) is 0 Å². The van der Waals surface area contributed by atoms with Gasteiger partial charge in [-0.1, -0.05) is 51.7 Å². The third-order valence-corrected chi connectivity index (χ3v) is 9.88. The first-order valence-electron chi connectivity index (χ1n) is 12.8. The second-order valence-electron chi connectivity index (χ2n) is 11.5. The summed E-state index contributed by atoms with van der Waals surface area (Å²) in [5, 5.41) is 26.2. The molecule has 0 aliphatic heterocycles. The number of carbonyl (C=O) groups is 2. The molecule has 3 fully saturated rings. The van der Waals surface area contributed by atoms with Gasteiger partial charge in [-0.3, -0.25) is 9.59 Å². The van der Waals surface area contributed by atoms with Gasteiger partial charge in [0, 0.05) is 23.3 Å². The molecule has 4 aliphatic rings. The van der Waals surface area contributed by atoms with E-state index in [0.717, 1.165) is 31.3 Å². The van der Waals surface area contributed by atoms with Gasteiger partial charge < -0.3 is 15.5 Å². The summed E-state index contributed by atoms with van der Waals surface area (Å²) in [5.41, 5.74) is -4.84. The number of hydrogen-bond donors (Lipinski definition) is 3. The highest BCUT2D eigenvalue weighted by molar-refractivity contribution is 6.01. The molecular formula is C27H40FNO4. The van der Waals surface area contributed by atoms with Gasteiger partial charge in [0.05, 0.1) is 6.10 Å². The van der Waals surface area contributed by atoms with Crippen LogP contribution in [0.15, 0.2) is 23.8 Å². The van der Waals surface area contributed by atoms with Crippen molar-refractivity contribution in [1.29, 1.82) is 0 Å². The van der Waals surface area contributed by atoms with Crippen LogP contribution in [-0.2, 0) is 9.59 Å². The van der Waals surface area contributed by atoms with Gasteiger partial charge in [-0.05, 0) is 63.0 Å². The Morgan fingerprint density at radius 1 is 1.24 bits per heavy atom. The molecule has 184 valence electrons. The van der Waals surface area contributed by atoms with Crippen molar-refractivity contribution in [3.05, 3.63) is 23.8 Å². The molecule has 0 spiro atoms. The number of allylic oxidation sites excluding steroid dienone is 4. The number of unbranched alkanes of at least 4 members (excludes halogenated alkanes) is 3. The van der Waals surface area contributed by atoms with Gasteiger partial charge >= 0.3 is 0 Å². The summed E-state index contributed by atoms with van der Waals surface area (Å²) in [6.07, 6.45) is 8.97. The minimum atomic E-state index is -1.94. The van der Waals surface area contributed by atoms with E-state index in [1.54, 1.807) is 13.0 Å². The van der Waals surface area contributed by atoms with E-state index in [9.17, 15) is 19.8 Å². The number of alkyl halides is 1. The highest BCUT2D eigenvalue weighted by Gasteiger charge is 2.75. The molecule has 33 heavy (non-hydrogen) atoms. The van der Waals surface area contributed by atoms with E-state index < -0.39 is 34.1 Å². The van der Waals surface area contributed by atoms with Crippen LogP contribution in [0, 0.1) is 28.6 Å². The molecule has 0 radical (unpaired) electrons. The number of amides is 1. The Morgan fingerprint density at radius 2 is 1.97 bits per heavy atom. The normalized spacial score (nSPS) is 46.3. The van der Waals surface area contributed by atoms with Gasteiger partial charge in [0.15, 0.2) is 17.1 Å². The van der Waals surface area contributed by atoms with Crippen LogP contribution in [0.5, 0.6) is 0 Å². The fourth-order valence-electron chi connectivity index (χ4n) is 7.92. The second kappa shape index (κ2) is 8.30. The lowest BCUT2D eigenvalue weighted by molar-refractivity contribution is -0.219. The van der Waals surface area contributed by atoms with E-state index in [1.807, 2.05) is 13.8 Å². The first kappa shape index (κ1) is 24.6. The van der Waals surface area contributed by atoms with Gasteiger partial charge in [-0.25, -0.2) is 4.39 Å². The number of hydrogen-bond acceptors (Lipinski definition) is 4. The van der Waals surface area contributed by atoms with Gasteiger partial charge in [0.2, 0.25) is 0 Å². The molecule has 4 rings (SSSR count). The first-order valence-corrected chi connectivity index (χ1v) is 12.8. The zero-order valence-corrected chi connectivity index (χ0v) is 20.5. The van der Waals surface area contributed by atoms with Crippen molar-refractivity contribution in [2.24, 2.45) is 28.6 Å². The van der Waals surface area contributed by atoms with E-state index >= 15 is 4.39 Å². The Labute approximate surface area is 196 Å². The standard InChI is InChI=1S/C27H40FNO4/c1-5-6-7-8-13-29-23(32)27(33)17(2)14-21-20-10-9-18-15-19(30)11-12-24(18,3)26(20,28)22(31)16-25(21,27)4/h11-12,15,17,20-22,31,33H,5-10,13-14,16H2,1-4H3,(H,29,32)/t17-,20+,21+,22+,24+,25+,26+,27+/m1/s1. The molecule has 0 aromatic heterocycles. The number of nitrogens with one attached hydrogen (secondary N) is 1. The molecule has 8 atom stereocenters. The minimum absolute atomic E-state index is 0.0133. The maximum absolute atomic E-state index is 17.1. The molecule has 0 saturated heterocycles. The molecule has 6 heteroatoms. The number of aliphatic hydroxyl groups is 2. The molecule has 1 amide bonds. The summed E-state index contributed by atoms with van der Waals surface area (Å²) in [7, 11) is 0. The van der Waals surface area contributed by atoms with Crippen LogP contribution >= 0.6 is 0 Å². The number of halogens is 1. The largest absolute Gasteiger partial charge is 0.390 e. The van der Waals surface area contributed by atoms with Crippen LogP contribution in [0.4, 0.5) is 4.39 Å². The first-order chi connectivity index (χ1) is 15.5. The van der Waals surface area contributed by atoms with Gasteiger partial charge in [0.25, 0.3) is 5.91 Å². The van der Waals surface area contributed by atoms with E-state index in [-0.39, 0.29) is 29.9 Å². The molecule has 0 bridgehead atoms. The second-order valence-corrected chi connectivity index (χ2v) is 11.5. The van der Waals surface area contributed by atoms with Crippen LogP contribution in [0.2, 0.25) is 0 Å². The van der Waals surface area contributed by atoms with Crippen LogP contribution in [0.1, 0.15) is 79.1 Å². The predicted octanol–water partition coefficient (Wildman–Crippen LogP) is 4.03. The Hall–Kier alpha value is -1.53. The maximum Gasteiger partial charge on any atom is 0.252 e. The Bertz CT molecular complexity index is 885. The van der Waals surface area contributed by atoms with Crippen LogP contribution in [-0.4, -0.2) is 45.8 Å². The van der Waals surface area contributed by atoms with Crippen molar-refractivity contribution in [3.63, 3.8) is 0 Å². The Kier molecular flexibility index (Phi) is 6.18. The lowest BCUT2D eigenvalue weighted by Gasteiger charge is -2.62. The third-order valence-electron chi connectivity index (χ3n) is 9.88. The Morgan fingerprint density at radius 3 is 2.67 bits per heavy atom. The molecule has 0 aromatic carbocycles. The molecule has 0 heterocycles. The van der Waals surface area contributed by atoms with E-state index in [4.69, 9.17) is 0 Å². The fraction of sp³-hybridized carbons (Fsp3) is 0.778. The van der Waals surface area contributed by atoms with Gasteiger partial charge in [0.1, 0.15) is 0 Å². The zero-order valence-electron chi connectivity index (χ0n) is 20.5. The fourth-order valence-corrected chi connectivity index (χ4v) is 7.92. The highest BCUT2D eigenvalue weighted by atomic mass is 19.1. The lowest BCUT2D eigenvalue weighted by Crippen LogP contribution is -2.70. The number of rotatable bonds is 6. The number of carbonyl (C=O) groups excluding carboxylic acids is 2. The predicted molar refractivity (Wildman–Crippen MR) is 125 cm³/mol. The minimum Gasteiger partial charge on any atom is -0.390 e. The maximum atomic E-state index is 17.1. The molecule has 0 unspecified atom stereocenters. The summed E-state index contributed by atoms with van der Waals surface area (Å²) in [5.74, 6) is -1.60. The van der Waals surface area contributed by atoms with Crippen molar-refractivity contribution >= 4 is 11.7 Å². The van der Waals surface area contributed by atoms with Gasteiger partial charge in [-0.2, -0.15) is 0 Å². The van der Waals surface area contributed by atoms with Crippen LogP contribution in [0.25, 0.3) is 0 Å². The Balaban J connectivity index is 1.64. The smallest absolute Gasteiger partial charge is 0.252 e. The van der Waals surface area contributed by atoms with Gasteiger partial charge in [-0.15, -0.1) is 0 Å². The molecule has 3 N–H and O–H groups in total. The van der Waals surface area contributed by atoms with Crippen LogP contribution < -0.4 is 5.32 Å². The van der Waals surface area contributed by atoms with Crippen molar-refractivity contribution in [1.82, 2.24) is 5.32 Å². The quantitative estimate of drug-likeness (QED) is 0.521. The molecule has 5 nitrogen and oxygen atoms in total. The van der Waals surface area contributed by atoms with Crippen molar-refractivity contribution < 1.29 is 24.2 Å². The number of fused-ring (bicyclic) bond motifs is 5. The number of aliphatic hydroxyl groups excluding tert-OH is 1. The van der Waals surface area contributed by atoms with Crippen molar-refractivity contribution in [2.75, 3.05) is 6.54 Å². The monoisotopic (exact) mass is 461 g/mol. The molecular weight excluding hydrogens is 421 g/mol. The summed E-state index contributed by atoms with van der Waals surface area (Å²) in [6, 6.07) is 0.